The number of halogens is 3. The number of aromatic nitrogens is 3. The molecule has 124 valence electrons. The molecule has 1 aromatic carbocycles. The number of hydrogen-bond acceptors (Lipinski definition) is 5. The summed E-state index contributed by atoms with van der Waals surface area (Å²) in [5.41, 5.74) is 0.216. The summed E-state index contributed by atoms with van der Waals surface area (Å²) >= 11 is 0. The number of ether oxygens (including phenoxy) is 2. The van der Waals surface area contributed by atoms with Crippen LogP contribution in [0.15, 0.2) is 18.3 Å². The second-order valence-corrected chi connectivity index (χ2v) is 5.16. The van der Waals surface area contributed by atoms with Crippen LogP contribution in [-0.2, 0) is 9.47 Å². The van der Waals surface area contributed by atoms with Gasteiger partial charge in [0, 0.05) is 12.7 Å². The summed E-state index contributed by atoms with van der Waals surface area (Å²) in [5, 5.41) is 17.9. The van der Waals surface area contributed by atoms with E-state index in [-0.39, 0.29) is 11.3 Å². The van der Waals surface area contributed by atoms with Crippen molar-refractivity contribution in [1.82, 2.24) is 15.0 Å². The van der Waals surface area contributed by atoms with Crippen LogP contribution in [-0.4, -0.2) is 46.2 Å². The topological polar surface area (TPSA) is 69.4 Å². The van der Waals surface area contributed by atoms with Crippen molar-refractivity contribution in [3.8, 4) is 11.3 Å². The molecule has 6 nitrogen and oxygen atoms in total. The predicted octanol–water partition coefficient (Wildman–Crippen LogP) is 1.66. The molecule has 3 rings (SSSR count). The van der Waals surface area contributed by atoms with Crippen LogP contribution in [0.3, 0.4) is 0 Å². The molecule has 0 aliphatic carbocycles. The third kappa shape index (κ3) is 2.94. The second-order valence-electron chi connectivity index (χ2n) is 5.16. The van der Waals surface area contributed by atoms with Gasteiger partial charge in [0.2, 0.25) is 0 Å². The highest BCUT2D eigenvalue weighted by molar-refractivity contribution is 5.57. The van der Waals surface area contributed by atoms with E-state index in [4.69, 9.17) is 9.47 Å². The SMILES string of the molecule is COC1OCCC(n2cc(-c3cc(F)c(F)c(F)c3)nn2)C1O. The van der Waals surface area contributed by atoms with E-state index in [1.807, 2.05) is 0 Å². The van der Waals surface area contributed by atoms with Gasteiger partial charge in [0.1, 0.15) is 11.8 Å². The molecular weight excluding hydrogens is 315 g/mol. The predicted molar refractivity (Wildman–Crippen MR) is 71.7 cm³/mol. The van der Waals surface area contributed by atoms with E-state index < -0.39 is 35.9 Å². The number of methoxy groups -OCH3 is 1. The maximum atomic E-state index is 13.3. The van der Waals surface area contributed by atoms with Crippen molar-refractivity contribution < 1.29 is 27.8 Å². The Morgan fingerprint density at radius 3 is 2.65 bits per heavy atom. The Morgan fingerprint density at radius 1 is 1.30 bits per heavy atom. The van der Waals surface area contributed by atoms with Gasteiger partial charge in [0.25, 0.3) is 0 Å². The van der Waals surface area contributed by atoms with E-state index in [2.05, 4.69) is 10.3 Å². The van der Waals surface area contributed by atoms with Crippen molar-refractivity contribution >= 4 is 0 Å². The summed E-state index contributed by atoms with van der Waals surface area (Å²) in [4.78, 5) is 0. The van der Waals surface area contributed by atoms with Gasteiger partial charge in [0.15, 0.2) is 23.7 Å². The monoisotopic (exact) mass is 329 g/mol. The van der Waals surface area contributed by atoms with Crippen LogP contribution in [0.25, 0.3) is 11.3 Å². The number of benzene rings is 1. The average Bonchev–Trinajstić information content (AvgIpc) is 3.02. The third-order valence-corrected chi connectivity index (χ3v) is 3.73. The molecule has 1 saturated heterocycles. The Hall–Kier alpha value is -1.97. The molecule has 9 heteroatoms. The quantitative estimate of drug-likeness (QED) is 0.868. The van der Waals surface area contributed by atoms with E-state index in [1.165, 1.54) is 18.0 Å². The molecule has 3 unspecified atom stereocenters. The van der Waals surface area contributed by atoms with Gasteiger partial charge in [-0.15, -0.1) is 5.10 Å². The number of nitrogens with zero attached hydrogens (tertiary/aromatic N) is 3. The number of aliphatic hydroxyl groups is 1. The fourth-order valence-electron chi connectivity index (χ4n) is 2.53. The summed E-state index contributed by atoms with van der Waals surface area (Å²) in [5.74, 6) is -4.15. The maximum Gasteiger partial charge on any atom is 0.194 e. The van der Waals surface area contributed by atoms with Gasteiger partial charge >= 0.3 is 0 Å². The lowest BCUT2D eigenvalue weighted by Crippen LogP contribution is -2.43. The van der Waals surface area contributed by atoms with E-state index in [0.717, 1.165) is 12.1 Å². The van der Waals surface area contributed by atoms with Crippen LogP contribution in [0.4, 0.5) is 13.2 Å². The van der Waals surface area contributed by atoms with E-state index in [1.54, 1.807) is 0 Å². The van der Waals surface area contributed by atoms with Gasteiger partial charge in [0.05, 0.1) is 18.8 Å². The highest BCUT2D eigenvalue weighted by atomic mass is 19.2. The zero-order valence-electron chi connectivity index (χ0n) is 12.1. The molecular formula is C14H14F3N3O3. The van der Waals surface area contributed by atoms with Crippen LogP contribution in [0, 0.1) is 17.5 Å². The summed E-state index contributed by atoms with van der Waals surface area (Å²) in [6, 6.07) is 1.22. The number of rotatable bonds is 3. The minimum atomic E-state index is -1.54. The summed E-state index contributed by atoms with van der Waals surface area (Å²) < 4.78 is 51.3. The fraction of sp³-hybridized carbons (Fsp3) is 0.429. The lowest BCUT2D eigenvalue weighted by molar-refractivity contribution is -0.217. The summed E-state index contributed by atoms with van der Waals surface area (Å²) in [6.07, 6.45) is 0.140. The summed E-state index contributed by atoms with van der Waals surface area (Å²) in [7, 11) is 1.41. The largest absolute Gasteiger partial charge is 0.386 e. The molecule has 0 radical (unpaired) electrons. The standard InChI is InChI=1S/C14H14F3N3O3/c1-22-14-13(21)11(2-3-23-14)20-6-10(18-19-20)7-4-8(15)12(17)9(16)5-7/h4-6,11,13-14,21H,2-3H2,1H3. The molecule has 1 N–H and O–H groups in total. The Labute approximate surface area is 129 Å². The lowest BCUT2D eigenvalue weighted by Gasteiger charge is -2.33. The maximum absolute atomic E-state index is 13.3. The molecule has 1 aliphatic rings. The van der Waals surface area contributed by atoms with E-state index in [9.17, 15) is 18.3 Å². The minimum Gasteiger partial charge on any atom is -0.386 e. The first-order valence-corrected chi connectivity index (χ1v) is 6.90. The second kappa shape index (κ2) is 6.26. The van der Waals surface area contributed by atoms with Crippen molar-refractivity contribution in [2.75, 3.05) is 13.7 Å². The molecule has 1 fully saturated rings. The third-order valence-electron chi connectivity index (χ3n) is 3.73. The van der Waals surface area contributed by atoms with Gasteiger partial charge in [-0.3, -0.25) is 0 Å². The smallest absolute Gasteiger partial charge is 0.194 e. The normalized spacial score (nSPS) is 24.8. The highest BCUT2D eigenvalue weighted by Crippen LogP contribution is 2.28. The Balaban J connectivity index is 1.89. The average molecular weight is 329 g/mol. The zero-order chi connectivity index (χ0) is 16.6. The first kappa shape index (κ1) is 15.9. The van der Waals surface area contributed by atoms with Crippen molar-refractivity contribution in [3.63, 3.8) is 0 Å². The zero-order valence-corrected chi connectivity index (χ0v) is 12.1. The van der Waals surface area contributed by atoms with Gasteiger partial charge in [-0.05, 0) is 18.6 Å². The molecule has 2 aromatic rings. The lowest BCUT2D eigenvalue weighted by atomic mass is 10.1. The van der Waals surface area contributed by atoms with Crippen molar-refractivity contribution in [2.24, 2.45) is 0 Å². The molecule has 0 amide bonds. The molecule has 0 saturated carbocycles. The first-order chi connectivity index (χ1) is 11.0. The number of aliphatic hydroxyl groups excluding tert-OH is 1. The van der Waals surface area contributed by atoms with Crippen LogP contribution >= 0.6 is 0 Å². The molecule has 2 heterocycles. The molecule has 1 aromatic heterocycles. The minimum absolute atomic E-state index is 0.0532. The van der Waals surface area contributed by atoms with Gasteiger partial charge < -0.3 is 14.6 Å². The highest BCUT2D eigenvalue weighted by Gasteiger charge is 2.35. The summed E-state index contributed by atoms with van der Waals surface area (Å²) in [6.45, 7) is 0.356. The van der Waals surface area contributed by atoms with Gasteiger partial charge in [-0.1, -0.05) is 5.21 Å². The molecule has 0 bridgehead atoms. The van der Waals surface area contributed by atoms with Crippen LogP contribution in [0.2, 0.25) is 0 Å². The molecule has 23 heavy (non-hydrogen) atoms. The van der Waals surface area contributed by atoms with Gasteiger partial charge in [-0.2, -0.15) is 0 Å². The van der Waals surface area contributed by atoms with Crippen molar-refractivity contribution in [3.05, 3.63) is 35.8 Å². The van der Waals surface area contributed by atoms with Crippen LogP contribution < -0.4 is 0 Å². The van der Waals surface area contributed by atoms with Crippen LogP contribution in [0.1, 0.15) is 12.5 Å². The van der Waals surface area contributed by atoms with Crippen molar-refractivity contribution in [2.45, 2.75) is 24.9 Å². The fourth-order valence-corrected chi connectivity index (χ4v) is 2.53. The Morgan fingerprint density at radius 2 is 2.00 bits per heavy atom. The molecule has 0 spiro atoms. The van der Waals surface area contributed by atoms with E-state index in [0.29, 0.717) is 13.0 Å². The van der Waals surface area contributed by atoms with E-state index >= 15 is 0 Å². The molecule has 1 aliphatic heterocycles. The first-order valence-electron chi connectivity index (χ1n) is 6.90. The Kier molecular flexibility index (Phi) is 4.33. The van der Waals surface area contributed by atoms with Gasteiger partial charge in [-0.25, -0.2) is 17.9 Å². The number of hydrogen-bond donors (Lipinski definition) is 1. The van der Waals surface area contributed by atoms with Crippen LogP contribution in [0.5, 0.6) is 0 Å². The molecule has 3 atom stereocenters. The van der Waals surface area contributed by atoms with Crippen molar-refractivity contribution in [1.29, 1.82) is 0 Å². The Bertz CT molecular complexity index is 687.